The summed E-state index contributed by atoms with van der Waals surface area (Å²) in [6.07, 6.45) is 4.15. The normalized spacial score (nSPS) is 9.07. The number of thiophene rings is 1. The van der Waals surface area contributed by atoms with Gasteiger partial charge in [-0.25, -0.2) is 0 Å². The van der Waals surface area contributed by atoms with E-state index in [-0.39, 0.29) is 0 Å². The van der Waals surface area contributed by atoms with Crippen molar-refractivity contribution < 1.29 is 4.79 Å². The summed E-state index contributed by atoms with van der Waals surface area (Å²) in [6.45, 7) is 0. The molecule has 0 saturated carbocycles. The average Bonchev–Trinajstić information content (AvgIpc) is 2.76. The van der Waals surface area contributed by atoms with Crippen LogP contribution in [0.4, 0.5) is 0 Å². The summed E-state index contributed by atoms with van der Waals surface area (Å²) in [7, 11) is 0. The van der Waals surface area contributed by atoms with Crippen LogP contribution in [0.3, 0.4) is 0 Å². The third-order valence-corrected chi connectivity index (χ3v) is 2.86. The van der Waals surface area contributed by atoms with Crippen molar-refractivity contribution in [2.75, 3.05) is 0 Å². The highest BCUT2D eigenvalue weighted by Gasteiger charge is 2.00. The summed E-state index contributed by atoms with van der Waals surface area (Å²) >= 11 is 1.55. The Kier molecular flexibility index (Phi) is 2.91. The molecule has 0 amide bonds. The van der Waals surface area contributed by atoms with Gasteiger partial charge >= 0.3 is 0 Å². The third-order valence-electron chi connectivity index (χ3n) is 1.81. The molecule has 0 radical (unpaired) electrons. The number of carbonyl (C=O) groups is 1. The molecule has 3 heteroatoms. The van der Waals surface area contributed by atoms with Crippen molar-refractivity contribution in [2.24, 2.45) is 0 Å². The molecule has 2 nitrogen and oxygen atoms in total. The summed E-state index contributed by atoms with van der Waals surface area (Å²) in [5.74, 6) is 5.16. The van der Waals surface area contributed by atoms with E-state index in [1.165, 1.54) is 0 Å². The van der Waals surface area contributed by atoms with Crippen molar-refractivity contribution in [1.82, 2.24) is 4.98 Å². The minimum Gasteiger partial charge on any atom is -0.289 e. The molecule has 0 atom stereocenters. The first-order valence-corrected chi connectivity index (χ1v) is 5.17. The molecule has 0 bridgehead atoms. The number of pyridine rings is 1. The number of aldehydes is 1. The van der Waals surface area contributed by atoms with Crippen molar-refractivity contribution in [1.29, 1.82) is 0 Å². The Morgan fingerprint density at radius 2 is 2.27 bits per heavy atom. The van der Waals surface area contributed by atoms with E-state index in [0.717, 1.165) is 15.3 Å². The Labute approximate surface area is 91.6 Å². The van der Waals surface area contributed by atoms with E-state index >= 15 is 0 Å². The number of hydrogen-bond donors (Lipinski definition) is 0. The number of aromatic nitrogens is 1. The monoisotopic (exact) mass is 213 g/mol. The summed E-state index contributed by atoms with van der Waals surface area (Å²) in [6, 6.07) is 7.78. The van der Waals surface area contributed by atoms with Crippen molar-refractivity contribution >= 4 is 17.6 Å². The molecule has 2 aromatic rings. The van der Waals surface area contributed by atoms with Crippen molar-refractivity contribution in [2.45, 2.75) is 0 Å². The Hall–Kier alpha value is -1.92. The highest BCUT2D eigenvalue weighted by molar-refractivity contribution is 7.16. The van der Waals surface area contributed by atoms with E-state index in [0.29, 0.717) is 6.29 Å². The Bertz CT molecular complexity index is 519. The smallest absolute Gasteiger partial charge is 0.193 e. The van der Waals surface area contributed by atoms with Gasteiger partial charge in [0.15, 0.2) is 6.29 Å². The van der Waals surface area contributed by atoms with Gasteiger partial charge in [-0.1, -0.05) is 6.07 Å². The Morgan fingerprint density at radius 1 is 1.33 bits per heavy atom. The molecule has 0 N–H and O–H groups in total. The molecule has 72 valence electrons. The van der Waals surface area contributed by atoms with Crippen LogP contribution in [0.1, 0.15) is 4.88 Å². The SMILES string of the molecule is O=CC#Cc1ccc(-c2cccnc2)s1. The van der Waals surface area contributed by atoms with Gasteiger partial charge in [-0.15, -0.1) is 11.3 Å². The predicted molar refractivity (Wildman–Crippen MR) is 60.5 cm³/mol. The molecule has 0 aromatic carbocycles. The van der Waals surface area contributed by atoms with Gasteiger partial charge in [-0.2, -0.15) is 0 Å². The molecule has 0 fully saturated rings. The summed E-state index contributed by atoms with van der Waals surface area (Å²) in [4.78, 5) is 16.1. The molecule has 2 rings (SSSR count). The van der Waals surface area contributed by atoms with Gasteiger partial charge < -0.3 is 0 Å². The molecule has 2 heterocycles. The second kappa shape index (κ2) is 4.54. The fourth-order valence-electron chi connectivity index (χ4n) is 1.17. The van der Waals surface area contributed by atoms with Crippen molar-refractivity contribution in [3.63, 3.8) is 0 Å². The van der Waals surface area contributed by atoms with E-state index in [1.807, 2.05) is 30.5 Å². The van der Waals surface area contributed by atoms with Crippen LogP contribution in [0.5, 0.6) is 0 Å². The maximum absolute atomic E-state index is 10.1. The van der Waals surface area contributed by atoms with Crippen molar-refractivity contribution in [3.05, 3.63) is 41.5 Å². The van der Waals surface area contributed by atoms with Crippen LogP contribution >= 0.6 is 11.3 Å². The van der Waals surface area contributed by atoms with E-state index < -0.39 is 0 Å². The Balaban J connectivity index is 2.32. The Morgan fingerprint density at radius 3 is 3.00 bits per heavy atom. The predicted octanol–water partition coefficient (Wildman–Crippen LogP) is 2.36. The molecule has 0 spiro atoms. The van der Waals surface area contributed by atoms with E-state index in [1.54, 1.807) is 17.5 Å². The van der Waals surface area contributed by atoms with Crippen LogP contribution in [0, 0.1) is 11.8 Å². The van der Waals surface area contributed by atoms with Crippen LogP contribution < -0.4 is 0 Å². The van der Waals surface area contributed by atoms with Crippen LogP contribution in [0.2, 0.25) is 0 Å². The molecular formula is C12H7NOS. The molecule has 0 unspecified atom stereocenters. The van der Waals surface area contributed by atoms with Crippen molar-refractivity contribution in [3.8, 4) is 22.3 Å². The molecule has 0 aliphatic heterocycles. The maximum Gasteiger partial charge on any atom is 0.193 e. The number of nitrogens with zero attached hydrogens (tertiary/aromatic N) is 1. The zero-order valence-corrected chi connectivity index (χ0v) is 8.62. The van der Waals surface area contributed by atoms with Gasteiger partial charge in [-0.05, 0) is 30.0 Å². The third kappa shape index (κ3) is 2.30. The fourth-order valence-corrected chi connectivity index (χ4v) is 2.03. The molecule has 0 saturated heterocycles. The maximum atomic E-state index is 10.1. The lowest BCUT2D eigenvalue weighted by atomic mass is 10.2. The molecule has 0 aliphatic rings. The number of hydrogen-bond acceptors (Lipinski definition) is 3. The highest BCUT2D eigenvalue weighted by atomic mass is 32.1. The van der Waals surface area contributed by atoms with Crippen LogP contribution in [-0.2, 0) is 4.79 Å². The lowest BCUT2D eigenvalue weighted by Gasteiger charge is -1.92. The second-order valence-electron chi connectivity index (χ2n) is 2.79. The van der Waals surface area contributed by atoms with Crippen LogP contribution in [0.15, 0.2) is 36.7 Å². The van der Waals surface area contributed by atoms with Crippen LogP contribution in [0.25, 0.3) is 10.4 Å². The second-order valence-corrected chi connectivity index (χ2v) is 3.88. The first kappa shape index (κ1) is 9.63. The van der Waals surface area contributed by atoms with Gasteiger partial charge in [0, 0.05) is 22.8 Å². The number of carbonyl (C=O) groups excluding carboxylic acids is 1. The van der Waals surface area contributed by atoms with Gasteiger partial charge in [-0.3, -0.25) is 9.78 Å². The quantitative estimate of drug-likeness (QED) is 0.537. The van der Waals surface area contributed by atoms with Gasteiger partial charge in [0.2, 0.25) is 0 Å². The van der Waals surface area contributed by atoms with Gasteiger partial charge in [0.25, 0.3) is 0 Å². The van der Waals surface area contributed by atoms with E-state index in [9.17, 15) is 4.79 Å². The molecule has 15 heavy (non-hydrogen) atoms. The molecule has 0 aliphatic carbocycles. The fraction of sp³-hybridized carbons (Fsp3) is 0. The summed E-state index contributed by atoms with van der Waals surface area (Å²) < 4.78 is 0. The molecule has 2 aromatic heterocycles. The van der Waals surface area contributed by atoms with E-state index in [2.05, 4.69) is 16.8 Å². The first-order valence-electron chi connectivity index (χ1n) is 4.35. The minimum absolute atomic E-state index is 0.601. The van der Waals surface area contributed by atoms with Gasteiger partial charge in [0.05, 0.1) is 4.88 Å². The van der Waals surface area contributed by atoms with Crippen LogP contribution in [-0.4, -0.2) is 11.3 Å². The topological polar surface area (TPSA) is 30.0 Å². The van der Waals surface area contributed by atoms with Gasteiger partial charge in [0.1, 0.15) is 0 Å². The first-order chi connectivity index (χ1) is 7.40. The summed E-state index contributed by atoms with van der Waals surface area (Å²) in [5, 5.41) is 0. The highest BCUT2D eigenvalue weighted by Crippen LogP contribution is 2.26. The van der Waals surface area contributed by atoms with E-state index in [4.69, 9.17) is 0 Å². The minimum atomic E-state index is 0.601. The zero-order valence-electron chi connectivity index (χ0n) is 7.81. The lowest BCUT2D eigenvalue weighted by Crippen LogP contribution is -1.72. The molecular weight excluding hydrogens is 206 g/mol. The number of rotatable bonds is 1. The summed E-state index contributed by atoms with van der Waals surface area (Å²) in [5.41, 5.74) is 1.07. The largest absolute Gasteiger partial charge is 0.289 e. The standard InChI is InChI=1S/C12H7NOS/c14-8-2-4-11-5-6-12(15-11)10-3-1-7-13-9-10/h1,3,5-9H. The lowest BCUT2D eigenvalue weighted by molar-refractivity contribution is -0.103. The average molecular weight is 213 g/mol. The zero-order chi connectivity index (χ0) is 10.5.